The van der Waals surface area contributed by atoms with Crippen molar-refractivity contribution in [3.05, 3.63) is 61.5 Å². The van der Waals surface area contributed by atoms with Gasteiger partial charge in [-0.15, -0.1) is 0 Å². The van der Waals surface area contributed by atoms with Crippen LogP contribution in [0, 0.1) is 28.1 Å². The second-order valence-electron chi connectivity index (χ2n) is 1.85. The Bertz CT molecular complexity index is 135. The number of nitrogens with two attached hydrogens (primary N) is 10. The first kappa shape index (κ1) is 176. The van der Waals surface area contributed by atoms with Gasteiger partial charge in [0.1, 0.15) is 5.41 Å². The third-order valence-electron chi connectivity index (χ3n) is 0.559. The van der Waals surface area contributed by atoms with Gasteiger partial charge < -0.3 is 61.5 Å². The molecule has 0 saturated carbocycles. The van der Waals surface area contributed by atoms with Crippen LogP contribution in [0.25, 0.3) is 61.5 Å². The van der Waals surface area contributed by atoms with E-state index < -0.39 is 5.41 Å². The van der Waals surface area contributed by atoms with Gasteiger partial charge in [-0.2, -0.15) is 10.5 Å². The van der Waals surface area contributed by atoms with E-state index in [2.05, 4.69) is 0 Å². The van der Waals surface area contributed by atoms with E-state index in [1.54, 1.807) is 13.8 Å². The molecule has 122 valence electrons. The Kier molecular flexibility index (Phi) is 764. The van der Waals surface area contributed by atoms with Crippen LogP contribution >= 0.6 is 0 Å². The molecule has 0 amide bonds. The summed E-state index contributed by atoms with van der Waals surface area (Å²) < 4.78 is 0. The first-order chi connectivity index (χ1) is 3.12. The molecule has 0 saturated heterocycles. The second kappa shape index (κ2) is 82.4. The van der Waals surface area contributed by atoms with Crippen molar-refractivity contribution in [2.75, 3.05) is 0 Å². The van der Waals surface area contributed by atoms with E-state index in [0.717, 1.165) is 0 Å². The molecule has 0 aliphatic rings. The standard InChI is InChI=1S/C5H6N2.10H2N.2Ru/c1-5(2,3-6)4-7;;;;;;;;;;;;/h1-2H3;10*1H2;;/q;10*-1;2*+5. The van der Waals surface area contributed by atoms with E-state index >= 15 is 0 Å². The van der Waals surface area contributed by atoms with Crippen LogP contribution in [0.4, 0.5) is 0 Å². The van der Waals surface area contributed by atoms with Crippen molar-refractivity contribution in [2.45, 2.75) is 13.8 Å². The minimum absolute atomic E-state index is 0. The molecule has 0 aliphatic heterocycles. The normalized spacial score (nSPS) is 3.37. The molecule has 0 aromatic carbocycles. The second-order valence-corrected chi connectivity index (χ2v) is 1.85. The SMILES string of the molecule is CC(C)(C#N)C#N.[NH2-].[NH2-].[NH2-].[NH2-].[NH2-].[NH2-].[NH2-].[NH2-].[NH2-].[NH2-].[Ru+5].[Ru+5]. The van der Waals surface area contributed by atoms with Crippen molar-refractivity contribution in [2.24, 2.45) is 5.41 Å². The summed E-state index contributed by atoms with van der Waals surface area (Å²) >= 11 is 0. The average Bonchev–Trinajstić information content (AvgIpc) is 1.68. The minimum Gasteiger partial charge on any atom is -0.693 e. The molecule has 0 rings (SSSR count). The molecular formula is C5H26N12Ru2. The Morgan fingerprint density at radius 2 is 0.632 bits per heavy atom. The van der Waals surface area contributed by atoms with Gasteiger partial charge in [-0.25, -0.2) is 0 Å². The largest absolute Gasteiger partial charge is 5.00 e. The maximum atomic E-state index is 8.12. The summed E-state index contributed by atoms with van der Waals surface area (Å²) in [6.07, 6.45) is 0. The summed E-state index contributed by atoms with van der Waals surface area (Å²) in [7, 11) is 0. The van der Waals surface area contributed by atoms with Gasteiger partial charge in [0.25, 0.3) is 0 Å². The summed E-state index contributed by atoms with van der Waals surface area (Å²) in [4.78, 5) is 0. The van der Waals surface area contributed by atoms with E-state index in [0.29, 0.717) is 0 Å². The molecule has 0 unspecified atom stereocenters. The van der Waals surface area contributed by atoms with Gasteiger partial charge >= 0.3 is 39.0 Å². The predicted octanol–water partition coefficient (Wildman–Crippen LogP) is 8.23. The molecule has 0 aromatic rings. The zero-order chi connectivity index (χ0) is 5.91. The zero-order valence-corrected chi connectivity index (χ0v) is 14.4. The number of nitrogens with zero attached hydrogens (tertiary/aromatic N) is 2. The van der Waals surface area contributed by atoms with E-state index in [4.69, 9.17) is 10.5 Å². The fourth-order valence-electron chi connectivity index (χ4n) is 0.0250. The van der Waals surface area contributed by atoms with Crippen LogP contribution < -0.4 is 0 Å². The van der Waals surface area contributed by atoms with Gasteiger partial charge in [-0.3, -0.25) is 0 Å². The molecule has 14 heteroatoms. The Morgan fingerprint density at radius 1 is 0.526 bits per heavy atom. The van der Waals surface area contributed by atoms with Crippen LogP contribution in [-0.2, 0) is 39.0 Å². The van der Waals surface area contributed by atoms with Crippen LogP contribution in [0.3, 0.4) is 0 Å². The first-order valence-corrected chi connectivity index (χ1v) is 1.95. The topological polar surface area (TPSA) is 383 Å². The summed E-state index contributed by atoms with van der Waals surface area (Å²) in [5.74, 6) is 0. The minimum atomic E-state index is -0.806. The van der Waals surface area contributed by atoms with Gasteiger partial charge in [-0.05, 0) is 13.8 Å². The molecule has 0 bridgehead atoms. The molecule has 0 spiro atoms. The van der Waals surface area contributed by atoms with Crippen molar-refractivity contribution in [3.8, 4) is 12.1 Å². The molecular weight excluding hydrogens is 430 g/mol. The van der Waals surface area contributed by atoms with E-state index in [1.807, 2.05) is 12.1 Å². The first-order valence-electron chi connectivity index (χ1n) is 1.95. The molecule has 19 heavy (non-hydrogen) atoms. The van der Waals surface area contributed by atoms with E-state index in [-0.39, 0.29) is 100 Å². The monoisotopic (exact) mass is 458 g/mol. The van der Waals surface area contributed by atoms with Gasteiger partial charge in [0.2, 0.25) is 0 Å². The molecule has 0 heterocycles. The Hall–Kier alpha value is -0.173. The quantitative estimate of drug-likeness (QED) is 0.324. The van der Waals surface area contributed by atoms with Crippen LogP contribution in [0.5, 0.6) is 0 Å². The zero-order valence-electron chi connectivity index (χ0n) is 10.9. The maximum Gasteiger partial charge on any atom is 5.00 e. The van der Waals surface area contributed by atoms with E-state index in [9.17, 15) is 0 Å². The van der Waals surface area contributed by atoms with Gasteiger partial charge in [-0.1, -0.05) is 0 Å². The van der Waals surface area contributed by atoms with Gasteiger partial charge in [0, 0.05) is 0 Å². The molecule has 12 nitrogen and oxygen atoms in total. The summed E-state index contributed by atoms with van der Waals surface area (Å²) in [6.45, 7) is 3.15. The molecule has 20 N–H and O–H groups in total. The average molecular weight is 456 g/mol. The van der Waals surface area contributed by atoms with Crippen LogP contribution in [0.1, 0.15) is 13.8 Å². The maximum absolute atomic E-state index is 8.12. The third-order valence-corrected chi connectivity index (χ3v) is 0.559. The van der Waals surface area contributed by atoms with Crippen LogP contribution in [0.15, 0.2) is 0 Å². The van der Waals surface area contributed by atoms with Gasteiger partial charge in [0.15, 0.2) is 0 Å². The van der Waals surface area contributed by atoms with Crippen molar-refractivity contribution < 1.29 is 39.0 Å². The number of hydrogen-bond donors (Lipinski definition) is 0. The number of hydrogen-bond acceptors (Lipinski definition) is 2. The van der Waals surface area contributed by atoms with Gasteiger partial charge in [0.05, 0.1) is 12.1 Å². The third kappa shape index (κ3) is 132. The van der Waals surface area contributed by atoms with Crippen LogP contribution in [0.2, 0.25) is 0 Å². The van der Waals surface area contributed by atoms with Crippen molar-refractivity contribution in [1.82, 2.24) is 0 Å². The predicted molar refractivity (Wildman–Crippen MR) is 77.9 cm³/mol. The fraction of sp³-hybridized carbons (Fsp3) is 0.600. The summed E-state index contributed by atoms with van der Waals surface area (Å²) in [5, 5.41) is 16.2. The van der Waals surface area contributed by atoms with Crippen molar-refractivity contribution >= 4 is 0 Å². The number of nitriles is 2. The fourth-order valence-corrected chi connectivity index (χ4v) is 0.0250. The van der Waals surface area contributed by atoms with Crippen LogP contribution in [-0.4, -0.2) is 0 Å². The van der Waals surface area contributed by atoms with E-state index in [1.165, 1.54) is 0 Å². The molecule has 0 aliphatic carbocycles. The molecule has 0 fully saturated rings. The summed E-state index contributed by atoms with van der Waals surface area (Å²) in [6, 6.07) is 3.66. The Labute approximate surface area is 142 Å². The number of rotatable bonds is 0. The molecule has 0 atom stereocenters. The summed E-state index contributed by atoms with van der Waals surface area (Å²) in [5.41, 5.74) is -0.806. The Balaban J connectivity index is -0.00000000273. The van der Waals surface area contributed by atoms with Crippen molar-refractivity contribution in [3.63, 3.8) is 0 Å². The van der Waals surface area contributed by atoms with Crippen molar-refractivity contribution in [1.29, 1.82) is 10.5 Å². The molecule has 0 aromatic heterocycles. The molecule has 2 radical (unpaired) electrons. The smallest absolute Gasteiger partial charge is 0.693 e. The Morgan fingerprint density at radius 3 is 0.632 bits per heavy atom.